The number of esters is 2. The molecule has 0 aromatic heterocycles. The summed E-state index contributed by atoms with van der Waals surface area (Å²) in [6.07, 6.45) is 14.0. The monoisotopic (exact) mass is 868 g/mol. The van der Waals surface area contributed by atoms with Crippen molar-refractivity contribution >= 4 is 11.9 Å². The Labute approximate surface area is 370 Å². The second kappa shape index (κ2) is 20.0. The lowest BCUT2D eigenvalue weighted by atomic mass is 9.42. The molecule has 1 aromatic carbocycles. The fourth-order valence-corrected chi connectivity index (χ4v) is 14.7. The Morgan fingerprint density at radius 2 is 1.48 bits per heavy atom. The largest absolute Gasteiger partial charge is 0.455 e. The first-order chi connectivity index (χ1) is 30.0. The van der Waals surface area contributed by atoms with Crippen LogP contribution in [-0.4, -0.2) is 134 Å². The maximum absolute atomic E-state index is 14.6. The number of methoxy groups -OCH3 is 4. The van der Waals surface area contributed by atoms with Gasteiger partial charge >= 0.3 is 11.9 Å². The predicted octanol–water partition coefficient (Wildman–Crippen LogP) is 6.67. The van der Waals surface area contributed by atoms with Crippen molar-refractivity contribution in [2.45, 2.75) is 170 Å². The summed E-state index contributed by atoms with van der Waals surface area (Å²) in [5.74, 6) is -3.50. The second-order valence-electron chi connectivity index (χ2n) is 19.6. The van der Waals surface area contributed by atoms with E-state index in [2.05, 4.69) is 30.9 Å². The Kier molecular flexibility index (Phi) is 15.3. The smallest absolute Gasteiger partial charge is 0.338 e. The van der Waals surface area contributed by atoms with E-state index >= 15 is 0 Å². The topological polar surface area (TPSA) is 153 Å². The first-order valence-corrected chi connectivity index (χ1v) is 24.1. The number of benzene rings is 1. The third-order valence-corrected chi connectivity index (χ3v) is 16.8. The summed E-state index contributed by atoms with van der Waals surface area (Å²) in [5.41, 5.74) is -4.85. The minimum atomic E-state index is -1.85. The van der Waals surface area contributed by atoms with Crippen LogP contribution < -0.4 is 0 Å². The standard InChI is InChI=1S/C50H77NO11/c1-7-9-10-11-12-13-14-15-16-17-18-19-20-21-25-28-37(53)62-50-38-34(30-48(56,45(60-6)43(50)54)44(38)61-46(55)33-26-23-22-24-27-33)49-36(58-4)29-35(52)47(32-57-3)31-51(8-2)42(49)39(50)40(59-5)41(47)49/h15-16,22-24,26-27,34-36,38-45,52,54,56H,7-14,17-21,25,28-32H2,1-6H3/b16-15-/t34?,35?,36-,38?,39-,40+,41?,42?,43+,44?,45+,47+,48?,49+,50-/m1/s1. The van der Waals surface area contributed by atoms with Gasteiger partial charge in [0.25, 0.3) is 0 Å². The molecule has 1 saturated heterocycles. The van der Waals surface area contributed by atoms with Gasteiger partial charge in [-0.25, -0.2) is 4.79 Å². The molecule has 1 spiro atoms. The van der Waals surface area contributed by atoms with E-state index in [-0.39, 0.29) is 31.4 Å². The molecule has 15 atom stereocenters. The first kappa shape index (κ1) is 47.5. The quantitative estimate of drug-likeness (QED) is 0.0579. The van der Waals surface area contributed by atoms with Crippen LogP contribution in [-0.2, 0) is 33.2 Å². The van der Waals surface area contributed by atoms with Gasteiger partial charge in [0, 0.05) is 82.5 Å². The second-order valence-corrected chi connectivity index (χ2v) is 19.6. The van der Waals surface area contributed by atoms with Gasteiger partial charge in [0.05, 0.1) is 30.5 Å². The zero-order chi connectivity index (χ0) is 44.3. The molecule has 1 heterocycles. The van der Waals surface area contributed by atoms with Crippen LogP contribution in [0.4, 0.5) is 0 Å². The van der Waals surface area contributed by atoms with E-state index in [4.69, 9.17) is 28.4 Å². The highest BCUT2D eigenvalue weighted by Crippen LogP contribution is 2.80. The molecule has 7 unspecified atom stereocenters. The number of ether oxygens (including phenoxy) is 6. The van der Waals surface area contributed by atoms with Crippen molar-refractivity contribution in [3.8, 4) is 0 Å². The molecule has 5 saturated carbocycles. The third kappa shape index (κ3) is 7.62. The fourth-order valence-electron chi connectivity index (χ4n) is 14.7. The van der Waals surface area contributed by atoms with Crippen LogP contribution in [0.5, 0.6) is 0 Å². The highest BCUT2D eigenvalue weighted by molar-refractivity contribution is 5.89. The molecule has 12 heteroatoms. The average Bonchev–Trinajstić information content (AvgIpc) is 3.65. The number of likely N-dealkylation sites (tertiary alicyclic amines) is 1. The lowest BCUT2D eigenvalue weighted by Crippen LogP contribution is -2.81. The van der Waals surface area contributed by atoms with Gasteiger partial charge in [-0.2, -0.15) is 0 Å². The maximum Gasteiger partial charge on any atom is 0.338 e. The lowest BCUT2D eigenvalue weighted by molar-refractivity contribution is -0.323. The van der Waals surface area contributed by atoms with Gasteiger partial charge in [0.15, 0.2) is 5.60 Å². The molecule has 12 nitrogen and oxygen atoms in total. The van der Waals surface area contributed by atoms with Crippen LogP contribution in [0, 0.1) is 34.5 Å². The SMILES string of the molecule is CCCCCCCC/C=C\CCCCCCCC(=O)O[C@]12C3C(OC(=O)c4ccccc4)C(O)(CC3[C@@]34C5[C@H]1[C@H](OC)C3[C@](COC)(CN5CC)C(O)C[C@H]4OC)[C@@H](OC)[C@@H]2O. The number of hydrogen-bond donors (Lipinski definition) is 3. The minimum absolute atomic E-state index is 0.0836. The number of unbranched alkanes of at least 4 members (excludes halogenated alkanes) is 11. The van der Waals surface area contributed by atoms with E-state index < -0.39 is 88.3 Å². The summed E-state index contributed by atoms with van der Waals surface area (Å²) in [6, 6.07) is 8.31. The molecule has 62 heavy (non-hydrogen) atoms. The first-order valence-electron chi connectivity index (χ1n) is 24.1. The van der Waals surface area contributed by atoms with Crippen molar-refractivity contribution in [3.05, 3.63) is 48.0 Å². The number of rotatable bonds is 24. The highest BCUT2D eigenvalue weighted by atomic mass is 16.6. The van der Waals surface area contributed by atoms with Crippen molar-refractivity contribution in [1.82, 2.24) is 4.90 Å². The van der Waals surface area contributed by atoms with Gasteiger partial charge in [-0.1, -0.05) is 95.6 Å². The van der Waals surface area contributed by atoms with Crippen molar-refractivity contribution in [2.75, 3.05) is 48.1 Å². The molecule has 348 valence electrons. The molecule has 1 aromatic rings. The Morgan fingerprint density at radius 1 is 0.823 bits per heavy atom. The Balaban J connectivity index is 1.19. The fraction of sp³-hybridized carbons (Fsp3) is 0.800. The van der Waals surface area contributed by atoms with Crippen LogP contribution in [0.15, 0.2) is 42.5 Å². The molecular formula is C50H77NO11. The summed E-state index contributed by atoms with van der Waals surface area (Å²) in [6.45, 7) is 5.67. The van der Waals surface area contributed by atoms with Crippen LogP contribution in [0.2, 0.25) is 0 Å². The number of aliphatic hydroxyl groups excluding tert-OH is 2. The molecule has 1 aliphatic heterocycles. The van der Waals surface area contributed by atoms with E-state index in [1.165, 1.54) is 45.6 Å². The zero-order valence-electron chi connectivity index (χ0n) is 38.4. The van der Waals surface area contributed by atoms with Crippen molar-refractivity contribution in [1.29, 1.82) is 0 Å². The summed E-state index contributed by atoms with van der Waals surface area (Å²) in [4.78, 5) is 31.0. The molecule has 5 aliphatic carbocycles. The van der Waals surface area contributed by atoms with E-state index in [1.54, 1.807) is 45.6 Å². The van der Waals surface area contributed by atoms with Crippen molar-refractivity contribution < 1.29 is 53.3 Å². The number of nitrogens with zero attached hydrogens (tertiary/aromatic N) is 1. The number of fused-ring (bicyclic) bond motifs is 2. The summed E-state index contributed by atoms with van der Waals surface area (Å²) >= 11 is 0. The third-order valence-electron chi connectivity index (χ3n) is 16.8. The molecule has 6 aliphatic rings. The molecule has 3 N–H and O–H groups in total. The van der Waals surface area contributed by atoms with E-state index in [9.17, 15) is 24.9 Å². The van der Waals surface area contributed by atoms with E-state index in [1.807, 2.05) is 6.07 Å². The molecule has 6 fully saturated rings. The molecule has 0 amide bonds. The van der Waals surface area contributed by atoms with Gasteiger partial charge in [-0.05, 0) is 63.1 Å². The molecular weight excluding hydrogens is 791 g/mol. The Hall–Kier alpha value is -2.42. The summed E-state index contributed by atoms with van der Waals surface area (Å²) in [7, 11) is 6.41. The highest BCUT2D eigenvalue weighted by Gasteiger charge is 2.92. The molecule has 7 rings (SSSR count). The van der Waals surface area contributed by atoms with Gasteiger partial charge < -0.3 is 43.7 Å². The normalized spacial score (nSPS) is 40.2. The summed E-state index contributed by atoms with van der Waals surface area (Å²) in [5, 5.41) is 38.4. The maximum atomic E-state index is 14.6. The van der Waals surface area contributed by atoms with Crippen LogP contribution in [0.3, 0.4) is 0 Å². The number of carbonyl (C=O) groups excluding carboxylic acids is 2. The Morgan fingerprint density at radius 3 is 2.10 bits per heavy atom. The summed E-state index contributed by atoms with van der Waals surface area (Å²) < 4.78 is 38.7. The van der Waals surface area contributed by atoms with Crippen molar-refractivity contribution in [2.24, 2.45) is 34.5 Å². The number of allylic oxidation sites excluding steroid dienone is 2. The Bertz CT molecular complexity index is 1680. The van der Waals surface area contributed by atoms with Crippen LogP contribution in [0.25, 0.3) is 0 Å². The lowest BCUT2D eigenvalue weighted by Gasteiger charge is -2.70. The van der Waals surface area contributed by atoms with Gasteiger partial charge in [-0.15, -0.1) is 0 Å². The van der Waals surface area contributed by atoms with Crippen molar-refractivity contribution in [3.63, 3.8) is 0 Å². The van der Waals surface area contributed by atoms with Crippen LogP contribution >= 0.6 is 0 Å². The van der Waals surface area contributed by atoms with E-state index in [0.29, 0.717) is 31.5 Å². The number of carbonyl (C=O) groups is 2. The predicted molar refractivity (Wildman–Crippen MR) is 234 cm³/mol. The average molecular weight is 868 g/mol. The van der Waals surface area contributed by atoms with E-state index in [0.717, 1.165) is 38.5 Å². The minimum Gasteiger partial charge on any atom is -0.455 e. The van der Waals surface area contributed by atoms with Gasteiger partial charge in [0.1, 0.15) is 23.9 Å². The molecule has 0 radical (unpaired) electrons. The number of aliphatic hydroxyl groups is 3. The molecule has 7 bridgehead atoms. The number of hydrogen-bond acceptors (Lipinski definition) is 12. The van der Waals surface area contributed by atoms with Gasteiger partial charge in [0.2, 0.25) is 0 Å². The van der Waals surface area contributed by atoms with Crippen LogP contribution in [0.1, 0.15) is 127 Å². The zero-order valence-corrected chi connectivity index (χ0v) is 38.4. The van der Waals surface area contributed by atoms with Gasteiger partial charge in [-0.3, -0.25) is 9.69 Å². The number of piperidine rings is 1.